The standard InChI is InChI=1S/C15H18ClN3O/c1-12(11-17)18-6-8-19(9-7-18)15(20)10-13-4-2-3-5-14(13)16/h2-5,12H,6-10H2,1H3. The first-order valence-electron chi connectivity index (χ1n) is 6.76. The Bertz CT molecular complexity index is 518. The number of piperazine rings is 1. The highest BCUT2D eigenvalue weighted by molar-refractivity contribution is 6.31. The Morgan fingerprint density at radius 2 is 2.00 bits per heavy atom. The predicted octanol–water partition coefficient (Wildman–Crippen LogP) is 1.94. The van der Waals surface area contributed by atoms with Crippen LogP contribution in [0.25, 0.3) is 0 Å². The molecular weight excluding hydrogens is 274 g/mol. The molecule has 1 aromatic rings. The highest BCUT2D eigenvalue weighted by Crippen LogP contribution is 2.17. The monoisotopic (exact) mass is 291 g/mol. The first-order chi connectivity index (χ1) is 9.61. The fraction of sp³-hybridized carbons (Fsp3) is 0.467. The SMILES string of the molecule is CC(C#N)N1CCN(C(=O)Cc2ccccc2Cl)CC1. The zero-order valence-corrected chi connectivity index (χ0v) is 12.3. The van der Waals surface area contributed by atoms with Crippen molar-refractivity contribution in [3.05, 3.63) is 34.9 Å². The third-order valence-electron chi connectivity index (χ3n) is 3.70. The van der Waals surface area contributed by atoms with E-state index in [0.717, 1.165) is 18.7 Å². The summed E-state index contributed by atoms with van der Waals surface area (Å²) >= 11 is 6.08. The van der Waals surface area contributed by atoms with E-state index in [1.807, 2.05) is 30.0 Å². The van der Waals surface area contributed by atoms with Crippen LogP contribution in [0.15, 0.2) is 24.3 Å². The Hall–Kier alpha value is -1.57. The van der Waals surface area contributed by atoms with Crippen molar-refractivity contribution >= 4 is 17.5 Å². The fourth-order valence-corrected chi connectivity index (χ4v) is 2.56. The van der Waals surface area contributed by atoms with Gasteiger partial charge in [-0.05, 0) is 18.6 Å². The van der Waals surface area contributed by atoms with E-state index < -0.39 is 0 Å². The van der Waals surface area contributed by atoms with Gasteiger partial charge in [0.2, 0.25) is 5.91 Å². The zero-order valence-electron chi connectivity index (χ0n) is 11.6. The smallest absolute Gasteiger partial charge is 0.227 e. The molecule has 2 rings (SSSR count). The number of carbonyl (C=O) groups is 1. The second-order valence-electron chi connectivity index (χ2n) is 4.99. The van der Waals surface area contributed by atoms with E-state index in [-0.39, 0.29) is 11.9 Å². The fourth-order valence-electron chi connectivity index (χ4n) is 2.36. The number of nitriles is 1. The van der Waals surface area contributed by atoms with Crippen LogP contribution in [0, 0.1) is 11.3 Å². The number of nitrogens with zero attached hydrogens (tertiary/aromatic N) is 3. The largest absolute Gasteiger partial charge is 0.340 e. The summed E-state index contributed by atoms with van der Waals surface area (Å²) < 4.78 is 0. The van der Waals surface area contributed by atoms with E-state index in [4.69, 9.17) is 16.9 Å². The van der Waals surface area contributed by atoms with Crippen molar-refractivity contribution in [1.82, 2.24) is 9.80 Å². The van der Waals surface area contributed by atoms with E-state index in [1.165, 1.54) is 0 Å². The lowest BCUT2D eigenvalue weighted by Gasteiger charge is -2.36. The Labute approximate surface area is 124 Å². The van der Waals surface area contributed by atoms with E-state index in [2.05, 4.69) is 11.0 Å². The minimum atomic E-state index is -0.0872. The summed E-state index contributed by atoms with van der Waals surface area (Å²) in [6, 6.07) is 9.58. The summed E-state index contributed by atoms with van der Waals surface area (Å²) in [7, 11) is 0. The van der Waals surface area contributed by atoms with Crippen LogP contribution < -0.4 is 0 Å². The molecule has 0 radical (unpaired) electrons. The molecule has 1 heterocycles. The Morgan fingerprint density at radius 1 is 1.35 bits per heavy atom. The van der Waals surface area contributed by atoms with Gasteiger partial charge in [-0.25, -0.2) is 0 Å². The van der Waals surface area contributed by atoms with Gasteiger partial charge in [0.1, 0.15) is 0 Å². The number of benzene rings is 1. The summed E-state index contributed by atoms with van der Waals surface area (Å²) in [4.78, 5) is 16.2. The Kier molecular flexibility index (Phi) is 4.99. The van der Waals surface area contributed by atoms with E-state index in [1.54, 1.807) is 6.07 Å². The predicted molar refractivity (Wildman–Crippen MR) is 78.4 cm³/mol. The van der Waals surface area contributed by atoms with Crippen molar-refractivity contribution in [3.63, 3.8) is 0 Å². The lowest BCUT2D eigenvalue weighted by Crippen LogP contribution is -2.51. The summed E-state index contributed by atoms with van der Waals surface area (Å²) in [5.74, 6) is 0.0994. The second-order valence-corrected chi connectivity index (χ2v) is 5.40. The molecular formula is C15H18ClN3O. The van der Waals surface area contributed by atoms with E-state index >= 15 is 0 Å². The normalized spacial score (nSPS) is 17.6. The topological polar surface area (TPSA) is 47.3 Å². The Morgan fingerprint density at radius 3 is 2.60 bits per heavy atom. The maximum Gasteiger partial charge on any atom is 0.227 e. The molecule has 1 aromatic carbocycles. The minimum Gasteiger partial charge on any atom is -0.340 e. The van der Waals surface area contributed by atoms with Gasteiger partial charge in [0.25, 0.3) is 0 Å². The molecule has 1 amide bonds. The molecule has 1 saturated heterocycles. The summed E-state index contributed by atoms with van der Waals surface area (Å²) in [5.41, 5.74) is 0.868. The highest BCUT2D eigenvalue weighted by Gasteiger charge is 2.24. The zero-order chi connectivity index (χ0) is 14.5. The summed E-state index contributed by atoms with van der Waals surface area (Å²) in [6.45, 7) is 4.75. The number of halogens is 1. The van der Waals surface area contributed by atoms with Gasteiger partial charge < -0.3 is 4.90 Å². The van der Waals surface area contributed by atoms with E-state index in [9.17, 15) is 4.79 Å². The minimum absolute atomic E-state index is 0.0872. The third-order valence-corrected chi connectivity index (χ3v) is 4.07. The van der Waals surface area contributed by atoms with Gasteiger partial charge in [0.05, 0.1) is 18.5 Å². The van der Waals surface area contributed by atoms with Crippen molar-refractivity contribution in [3.8, 4) is 6.07 Å². The molecule has 0 aromatic heterocycles. The maximum atomic E-state index is 12.2. The number of rotatable bonds is 3. The van der Waals surface area contributed by atoms with Gasteiger partial charge >= 0.3 is 0 Å². The second kappa shape index (κ2) is 6.74. The average Bonchev–Trinajstić information content (AvgIpc) is 2.49. The molecule has 106 valence electrons. The number of hydrogen-bond acceptors (Lipinski definition) is 3. The molecule has 1 aliphatic rings. The maximum absolute atomic E-state index is 12.2. The molecule has 1 aliphatic heterocycles. The van der Waals surface area contributed by atoms with Crippen molar-refractivity contribution in [1.29, 1.82) is 5.26 Å². The molecule has 20 heavy (non-hydrogen) atoms. The van der Waals surface area contributed by atoms with Crippen molar-refractivity contribution in [2.45, 2.75) is 19.4 Å². The lowest BCUT2D eigenvalue weighted by atomic mass is 10.1. The van der Waals surface area contributed by atoms with Crippen LogP contribution in [0.1, 0.15) is 12.5 Å². The Balaban J connectivity index is 1.90. The summed E-state index contributed by atoms with van der Waals surface area (Å²) in [6.07, 6.45) is 0.341. The van der Waals surface area contributed by atoms with Crippen molar-refractivity contribution < 1.29 is 4.79 Å². The molecule has 5 heteroatoms. The van der Waals surface area contributed by atoms with Crippen molar-refractivity contribution in [2.24, 2.45) is 0 Å². The highest BCUT2D eigenvalue weighted by atomic mass is 35.5. The third kappa shape index (κ3) is 3.50. The molecule has 0 aliphatic carbocycles. The molecule has 0 spiro atoms. The lowest BCUT2D eigenvalue weighted by molar-refractivity contribution is -0.132. The van der Waals surface area contributed by atoms with Crippen molar-refractivity contribution in [2.75, 3.05) is 26.2 Å². The molecule has 1 fully saturated rings. The quantitative estimate of drug-likeness (QED) is 0.855. The first kappa shape index (κ1) is 14.8. The number of hydrogen-bond donors (Lipinski definition) is 0. The van der Waals surface area contributed by atoms with Crippen LogP contribution in [0.2, 0.25) is 5.02 Å². The summed E-state index contributed by atoms with van der Waals surface area (Å²) in [5, 5.41) is 9.54. The van der Waals surface area contributed by atoms with Crippen LogP contribution in [0.4, 0.5) is 0 Å². The molecule has 1 unspecified atom stereocenters. The first-order valence-corrected chi connectivity index (χ1v) is 7.14. The van der Waals surface area contributed by atoms with Gasteiger partial charge in [-0.1, -0.05) is 29.8 Å². The molecule has 0 N–H and O–H groups in total. The number of carbonyl (C=O) groups excluding carboxylic acids is 1. The van der Waals surface area contributed by atoms with Gasteiger partial charge in [0, 0.05) is 31.2 Å². The molecule has 0 saturated carbocycles. The van der Waals surface area contributed by atoms with Crippen LogP contribution in [0.5, 0.6) is 0 Å². The van der Waals surface area contributed by atoms with Crippen LogP contribution in [-0.2, 0) is 11.2 Å². The van der Waals surface area contributed by atoms with Crippen LogP contribution in [0.3, 0.4) is 0 Å². The molecule has 0 bridgehead atoms. The number of amides is 1. The van der Waals surface area contributed by atoms with Gasteiger partial charge in [0.15, 0.2) is 0 Å². The van der Waals surface area contributed by atoms with Gasteiger partial charge in [-0.2, -0.15) is 5.26 Å². The molecule has 1 atom stereocenters. The van der Waals surface area contributed by atoms with Crippen LogP contribution >= 0.6 is 11.6 Å². The van der Waals surface area contributed by atoms with Gasteiger partial charge in [-0.15, -0.1) is 0 Å². The molecule has 4 nitrogen and oxygen atoms in total. The van der Waals surface area contributed by atoms with E-state index in [0.29, 0.717) is 24.5 Å². The van der Waals surface area contributed by atoms with Gasteiger partial charge in [-0.3, -0.25) is 9.69 Å². The average molecular weight is 292 g/mol. The van der Waals surface area contributed by atoms with Crippen LogP contribution in [-0.4, -0.2) is 47.9 Å².